The minimum absolute atomic E-state index is 0.0384. The number of benzene rings is 1. The second kappa shape index (κ2) is 9.55. The quantitative estimate of drug-likeness (QED) is 0.349. The number of hydrogen-bond acceptors (Lipinski definition) is 4. The van der Waals surface area contributed by atoms with Crippen LogP contribution >= 0.6 is 34.4 Å². The molecule has 0 unspecified atom stereocenters. The van der Waals surface area contributed by atoms with Crippen LogP contribution in [0.25, 0.3) is 0 Å². The first kappa shape index (κ1) is 19.4. The Morgan fingerprint density at radius 3 is 2.69 bits per heavy atom. The molecule has 26 heavy (non-hydrogen) atoms. The number of hydrogen-bond donors (Lipinski definition) is 1. The molecule has 1 aliphatic carbocycles. The van der Waals surface area contributed by atoms with Crippen molar-refractivity contribution >= 4 is 45.9 Å². The van der Waals surface area contributed by atoms with E-state index >= 15 is 0 Å². The molecule has 1 aliphatic rings. The Balaban J connectivity index is 1.63. The van der Waals surface area contributed by atoms with E-state index in [-0.39, 0.29) is 5.91 Å². The van der Waals surface area contributed by atoms with Gasteiger partial charge >= 0.3 is 0 Å². The standard InChI is InChI=1S/C19H23IN4OS/c1-2-12-24-18(14-6-4-3-5-7-14)22-23-19(24)26-13-17(25)21-16-10-8-15(20)9-11-16/h2,8-11,14H,1,3-7,12-13H2,(H,21,25). The van der Waals surface area contributed by atoms with Crippen molar-refractivity contribution in [1.29, 1.82) is 0 Å². The number of thioether (sulfide) groups is 1. The van der Waals surface area contributed by atoms with Crippen LogP contribution in [0, 0.1) is 3.57 Å². The Morgan fingerprint density at radius 1 is 1.27 bits per heavy atom. The first-order valence-corrected chi connectivity index (χ1v) is 11.0. The van der Waals surface area contributed by atoms with Crippen LogP contribution in [0.1, 0.15) is 43.8 Å². The van der Waals surface area contributed by atoms with Crippen molar-refractivity contribution in [2.24, 2.45) is 0 Å². The lowest BCUT2D eigenvalue weighted by atomic mass is 9.89. The number of nitrogens with zero attached hydrogens (tertiary/aromatic N) is 3. The third kappa shape index (κ3) is 5.09. The molecule has 1 heterocycles. The van der Waals surface area contributed by atoms with Crippen molar-refractivity contribution in [2.45, 2.75) is 49.7 Å². The number of carbonyl (C=O) groups is 1. The van der Waals surface area contributed by atoms with Crippen molar-refractivity contribution in [3.8, 4) is 0 Å². The summed E-state index contributed by atoms with van der Waals surface area (Å²) in [5.41, 5.74) is 0.812. The highest BCUT2D eigenvalue weighted by Gasteiger charge is 2.23. The van der Waals surface area contributed by atoms with E-state index in [2.05, 4.69) is 49.3 Å². The van der Waals surface area contributed by atoms with E-state index in [1.54, 1.807) is 0 Å². The number of halogens is 1. The van der Waals surface area contributed by atoms with E-state index in [4.69, 9.17) is 0 Å². The summed E-state index contributed by atoms with van der Waals surface area (Å²) in [6.45, 7) is 4.54. The van der Waals surface area contributed by atoms with Gasteiger partial charge in [0.2, 0.25) is 5.91 Å². The zero-order chi connectivity index (χ0) is 18.4. The minimum atomic E-state index is -0.0384. The van der Waals surface area contributed by atoms with Gasteiger partial charge in [-0.1, -0.05) is 37.1 Å². The number of nitrogens with one attached hydrogen (secondary N) is 1. The summed E-state index contributed by atoms with van der Waals surface area (Å²) in [6, 6.07) is 7.76. The van der Waals surface area contributed by atoms with E-state index in [1.807, 2.05) is 30.3 Å². The molecule has 1 N–H and O–H groups in total. The smallest absolute Gasteiger partial charge is 0.234 e. The highest BCUT2D eigenvalue weighted by Crippen LogP contribution is 2.33. The van der Waals surface area contributed by atoms with Crippen LogP contribution in [0.3, 0.4) is 0 Å². The molecular formula is C19H23IN4OS. The van der Waals surface area contributed by atoms with Gasteiger partial charge in [-0.25, -0.2) is 0 Å². The molecule has 0 bridgehead atoms. The molecule has 138 valence electrons. The van der Waals surface area contributed by atoms with Gasteiger partial charge < -0.3 is 9.88 Å². The van der Waals surface area contributed by atoms with Crippen molar-refractivity contribution < 1.29 is 4.79 Å². The number of anilines is 1. The second-order valence-electron chi connectivity index (χ2n) is 6.42. The van der Waals surface area contributed by atoms with E-state index in [9.17, 15) is 4.79 Å². The molecular weight excluding hydrogens is 459 g/mol. The fourth-order valence-corrected chi connectivity index (χ4v) is 4.35. The summed E-state index contributed by atoms with van der Waals surface area (Å²) in [4.78, 5) is 12.2. The average Bonchev–Trinajstić information content (AvgIpc) is 3.06. The van der Waals surface area contributed by atoms with Crippen LogP contribution < -0.4 is 5.32 Å². The van der Waals surface area contributed by atoms with Gasteiger partial charge in [-0.05, 0) is 59.7 Å². The predicted molar refractivity (Wildman–Crippen MR) is 115 cm³/mol. The van der Waals surface area contributed by atoms with Crippen LogP contribution in [0.2, 0.25) is 0 Å². The molecule has 1 fully saturated rings. The van der Waals surface area contributed by atoms with E-state index < -0.39 is 0 Å². The zero-order valence-electron chi connectivity index (χ0n) is 14.7. The lowest BCUT2D eigenvalue weighted by molar-refractivity contribution is -0.113. The molecule has 5 nitrogen and oxygen atoms in total. The van der Waals surface area contributed by atoms with Crippen LogP contribution in [0.5, 0.6) is 0 Å². The average molecular weight is 482 g/mol. The molecule has 1 saturated carbocycles. The summed E-state index contributed by atoms with van der Waals surface area (Å²) in [6.07, 6.45) is 8.04. The Bertz CT molecular complexity index is 753. The molecule has 1 amide bonds. The van der Waals surface area contributed by atoms with Crippen LogP contribution in [0.4, 0.5) is 5.69 Å². The maximum atomic E-state index is 12.2. The van der Waals surface area contributed by atoms with E-state index in [0.717, 1.165) is 20.2 Å². The summed E-state index contributed by atoms with van der Waals surface area (Å²) >= 11 is 3.67. The number of carbonyl (C=O) groups excluding carboxylic acids is 1. The molecule has 0 saturated heterocycles. The molecule has 2 aromatic rings. The van der Waals surface area contributed by atoms with Crippen molar-refractivity contribution in [3.63, 3.8) is 0 Å². The molecule has 1 aromatic heterocycles. The van der Waals surface area contributed by atoms with E-state index in [1.165, 1.54) is 43.9 Å². The maximum absolute atomic E-state index is 12.2. The normalized spacial score (nSPS) is 15.0. The van der Waals surface area contributed by atoms with Gasteiger partial charge in [0.05, 0.1) is 5.75 Å². The monoisotopic (exact) mass is 482 g/mol. The zero-order valence-corrected chi connectivity index (χ0v) is 17.6. The SMILES string of the molecule is C=CCn1c(SCC(=O)Nc2ccc(I)cc2)nnc1C1CCCCC1. The lowest BCUT2D eigenvalue weighted by Gasteiger charge is -2.21. The molecule has 0 spiro atoms. The summed E-state index contributed by atoms with van der Waals surface area (Å²) in [7, 11) is 0. The van der Waals surface area contributed by atoms with Crippen LogP contribution in [-0.4, -0.2) is 26.4 Å². The van der Waals surface area contributed by atoms with Crippen molar-refractivity contribution in [1.82, 2.24) is 14.8 Å². The Labute approximate surface area is 172 Å². The van der Waals surface area contributed by atoms with E-state index in [0.29, 0.717) is 18.2 Å². The molecule has 7 heteroatoms. The Morgan fingerprint density at radius 2 is 2.00 bits per heavy atom. The van der Waals surface area contributed by atoms with Crippen molar-refractivity contribution in [2.75, 3.05) is 11.1 Å². The topological polar surface area (TPSA) is 59.8 Å². The van der Waals surface area contributed by atoms with Gasteiger partial charge in [-0.15, -0.1) is 16.8 Å². The van der Waals surface area contributed by atoms with Gasteiger partial charge in [0.1, 0.15) is 5.82 Å². The number of rotatable bonds is 7. The Hall–Kier alpha value is -1.35. The number of amides is 1. The van der Waals surface area contributed by atoms with Crippen molar-refractivity contribution in [3.05, 3.63) is 46.3 Å². The lowest BCUT2D eigenvalue weighted by Crippen LogP contribution is -2.15. The summed E-state index contributed by atoms with van der Waals surface area (Å²) in [5.74, 6) is 1.80. The van der Waals surface area contributed by atoms with Gasteiger partial charge in [-0.2, -0.15) is 0 Å². The van der Waals surface area contributed by atoms with Crippen LogP contribution in [-0.2, 0) is 11.3 Å². The first-order valence-electron chi connectivity index (χ1n) is 8.89. The Kier molecular flexibility index (Phi) is 7.13. The molecule has 0 radical (unpaired) electrons. The fraction of sp³-hybridized carbons (Fsp3) is 0.421. The van der Waals surface area contributed by atoms with Gasteiger partial charge in [0, 0.05) is 21.7 Å². The van der Waals surface area contributed by atoms with Gasteiger partial charge in [0.25, 0.3) is 0 Å². The summed E-state index contributed by atoms with van der Waals surface area (Å²) < 4.78 is 3.26. The van der Waals surface area contributed by atoms with Gasteiger partial charge in [-0.3, -0.25) is 4.79 Å². The second-order valence-corrected chi connectivity index (χ2v) is 8.61. The minimum Gasteiger partial charge on any atom is -0.325 e. The summed E-state index contributed by atoms with van der Waals surface area (Å²) in [5, 5.41) is 12.5. The molecule has 0 aliphatic heterocycles. The first-order chi connectivity index (χ1) is 12.7. The molecule has 1 aromatic carbocycles. The predicted octanol–water partition coefficient (Wildman–Crippen LogP) is 4.85. The fourth-order valence-electron chi connectivity index (χ4n) is 3.23. The van der Waals surface area contributed by atoms with Crippen LogP contribution in [0.15, 0.2) is 42.1 Å². The highest BCUT2D eigenvalue weighted by atomic mass is 127. The highest BCUT2D eigenvalue weighted by molar-refractivity contribution is 14.1. The maximum Gasteiger partial charge on any atom is 0.234 e. The number of aromatic nitrogens is 3. The third-order valence-electron chi connectivity index (χ3n) is 4.49. The third-order valence-corrected chi connectivity index (χ3v) is 6.17. The largest absolute Gasteiger partial charge is 0.325 e. The van der Waals surface area contributed by atoms with Gasteiger partial charge in [0.15, 0.2) is 5.16 Å². The molecule has 0 atom stereocenters. The number of allylic oxidation sites excluding steroid dienone is 1. The molecule has 3 rings (SSSR count).